The third kappa shape index (κ3) is 2.91. The van der Waals surface area contributed by atoms with Gasteiger partial charge in [-0.05, 0) is 54.3 Å². The van der Waals surface area contributed by atoms with Gasteiger partial charge in [0.15, 0.2) is 0 Å². The standard InChI is InChI=1S/C16H13ClF3NO/c17-13-8-10(16(18,19)20)2-6-15(13)22-11-3-4-12-9(7-11)1-5-14(12)21/h2-4,6-8,14H,1,5,21H2. The summed E-state index contributed by atoms with van der Waals surface area (Å²) < 4.78 is 43.4. The quantitative estimate of drug-likeness (QED) is 0.833. The fourth-order valence-electron chi connectivity index (χ4n) is 2.58. The number of halogens is 4. The van der Waals surface area contributed by atoms with Crippen molar-refractivity contribution in [3.05, 3.63) is 58.1 Å². The maximum absolute atomic E-state index is 12.6. The Bertz CT molecular complexity index is 715. The molecule has 0 fully saturated rings. The van der Waals surface area contributed by atoms with Crippen molar-refractivity contribution in [2.24, 2.45) is 5.73 Å². The first-order chi connectivity index (χ1) is 10.3. The molecule has 1 atom stereocenters. The minimum atomic E-state index is -4.42. The Labute approximate surface area is 130 Å². The van der Waals surface area contributed by atoms with Crippen molar-refractivity contribution in [1.82, 2.24) is 0 Å². The lowest BCUT2D eigenvalue weighted by Gasteiger charge is -2.12. The predicted octanol–water partition coefficient (Wildman–Crippen LogP) is 5.10. The molecule has 0 spiro atoms. The number of hydrogen-bond donors (Lipinski definition) is 1. The van der Waals surface area contributed by atoms with Crippen LogP contribution < -0.4 is 10.5 Å². The molecule has 2 nitrogen and oxygen atoms in total. The van der Waals surface area contributed by atoms with Crippen molar-refractivity contribution >= 4 is 11.6 Å². The van der Waals surface area contributed by atoms with Crippen LogP contribution in [0, 0.1) is 0 Å². The van der Waals surface area contributed by atoms with E-state index in [0.717, 1.165) is 36.1 Å². The van der Waals surface area contributed by atoms with Crippen LogP contribution in [0.3, 0.4) is 0 Å². The maximum atomic E-state index is 12.6. The van der Waals surface area contributed by atoms with Gasteiger partial charge in [0.25, 0.3) is 0 Å². The van der Waals surface area contributed by atoms with Crippen LogP contribution in [0.2, 0.25) is 5.02 Å². The van der Waals surface area contributed by atoms with Crippen molar-refractivity contribution in [3.8, 4) is 11.5 Å². The van der Waals surface area contributed by atoms with Crippen molar-refractivity contribution in [1.29, 1.82) is 0 Å². The van der Waals surface area contributed by atoms with Gasteiger partial charge in [0.2, 0.25) is 0 Å². The van der Waals surface area contributed by atoms with E-state index in [-0.39, 0.29) is 16.8 Å². The number of ether oxygens (including phenoxy) is 1. The highest BCUT2D eigenvalue weighted by Gasteiger charge is 2.31. The Morgan fingerprint density at radius 1 is 1.14 bits per heavy atom. The third-order valence-corrected chi connectivity index (χ3v) is 4.02. The molecule has 2 aromatic rings. The molecule has 0 aliphatic heterocycles. The van der Waals surface area contributed by atoms with Gasteiger partial charge in [-0.2, -0.15) is 13.2 Å². The van der Waals surface area contributed by atoms with Gasteiger partial charge in [-0.3, -0.25) is 0 Å². The molecule has 0 heterocycles. The van der Waals surface area contributed by atoms with Crippen LogP contribution in [0.5, 0.6) is 11.5 Å². The molecule has 2 N–H and O–H groups in total. The van der Waals surface area contributed by atoms with Crippen molar-refractivity contribution in [2.75, 3.05) is 0 Å². The zero-order valence-electron chi connectivity index (χ0n) is 11.5. The Kier molecular flexibility index (Phi) is 3.78. The molecule has 0 saturated heterocycles. The number of fused-ring (bicyclic) bond motifs is 1. The summed E-state index contributed by atoms with van der Waals surface area (Å²) in [7, 11) is 0. The van der Waals surface area contributed by atoms with Gasteiger partial charge in [-0.1, -0.05) is 17.7 Å². The van der Waals surface area contributed by atoms with Crippen LogP contribution in [0.1, 0.15) is 29.2 Å². The van der Waals surface area contributed by atoms with Gasteiger partial charge in [0.05, 0.1) is 10.6 Å². The Balaban J connectivity index is 1.85. The molecule has 0 bridgehead atoms. The molecule has 0 amide bonds. The highest BCUT2D eigenvalue weighted by molar-refractivity contribution is 6.32. The Morgan fingerprint density at radius 3 is 2.59 bits per heavy atom. The summed E-state index contributed by atoms with van der Waals surface area (Å²) in [6.45, 7) is 0. The highest BCUT2D eigenvalue weighted by Crippen LogP contribution is 2.38. The summed E-state index contributed by atoms with van der Waals surface area (Å²) >= 11 is 5.88. The normalized spacial score (nSPS) is 17.4. The third-order valence-electron chi connectivity index (χ3n) is 3.73. The Hall–Kier alpha value is -1.72. The lowest BCUT2D eigenvalue weighted by molar-refractivity contribution is -0.137. The SMILES string of the molecule is NC1CCc2cc(Oc3ccc(C(F)(F)F)cc3Cl)ccc21. The number of rotatable bonds is 2. The monoisotopic (exact) mass is 327 g/mol. The van der Waals surface area contributed by atoms with Crippen molar-refractivity contribution in [3.63, 3.8) is 0 Å². The summed E-state index contributed by atoms with van der Waals surface area (Å²) in [6, 6.07) is 8.57. The fourth-order valence-corrected chi connectivity index (χ4v) is 2.80. The molecule has 116 valence electrons. The van der Waals surface area contributed by atoms with Gasteiger partial charge in [0.1, 0.15) is 11.5 Å². The maximum Gasteiger partial charge on any atom is 0.416 e. The number of nitrogens with two attached hydrogens (primary N) is 1. The zero-order valence-corrected chi connectivity index (χ0v) is 12.2. The molecule has 0 saturated carbocycles. The number of hydrogen-bond acceptors (Lipinski definition) is 2. The molecule has 3 rings (SSSR count). The van der Waals surface area contributed by atoms with Gasteiger partial charge < -0.3 is 10.5 Å². The molecular formula is C16H13ClF3NO. The fraction of sp³-hybridized carbons (Fsp3) is 0.250. The highest BCUT2D eigenvalue weighted by atomic mass is 35.5. The smallest absolute Gasteiger partial charge is 0.416 e. The van der Waals surface area contributed by atoms with Gasteiger partial charge in [0, 0.05) is 6.04 Å². The second kappa shape index (κ2) is 5.48. The summed E-state index contributed by atoms with van der Waals surface area (Å²) in [5.74, 6) is 0.728. The van der Waals surface area contributed by atoms with Crippen molar-refractivity contribution < 1.29 is 17.9 Å². The van der Waals surface area contributed by atoms with E-state index in [4.69, 9.17) is 22.1 Å². The van der Waals surface area contributed by atoms with Crippen molar-refractivity contribution in [2.45, 2.75) is 25.1 Å². The number of benzene rings is 2. The van der Waals surface area contributed by atoms with Gasteiger partial charge >= 0.3 is 6.18 Å². The van der Waals surface area contributed by atoms with E-state index in [9.17, 15) is 13.2 Å². The minimum Gasteiger partial charge on any atom is -0.456 e. The Morgan fingerprint density at radius 2 is 1.91 bits per heavy atom. The summed E-state index contributed by atoms with van der Waals surface area (Å²) in [4.78, 5) is 0. The van der Waals surface area contributed by atoms with Gasteiger partial charge in [-0.25, -0.2) is 0 Å². The van der Waals surface area contributed by atoms with Crippen LogP contribution in [0.25, 0.3) is 0 Å². The minimum absolute atomic E-state index is 0.0405. The first-order valence-corrected chi connectivity index (χ1v) is 7.15. The topological polar surface area (TPSA) is 35.2 Å². The first-order valence-electron chi connectivity index (χ1n) is 6.77. The molecule has 1 aliphatic rings. The van der Waals surface area contributed by atoms with Gasteiger partial charge in [-0.15, -0.1) is 0 Å². The van der Waals surface area contributed by atoms with E-state index in [1.165, 1.54) is 6.07 Å². The van der Waals surface area contributed by atoms with E-state index < -0.39 is 11.7 Å². The van der Waals surface area contributed by atoms with E-state index in [0.29, 0.717) is 5.75 Å². The molecule has 1 unspecified atom stereocenters. The number of alkyl halides is 3. The van der Waals surface area contributed by atoms with E-state index in [1.807, 2.05) is 12.1 Å². The largest absolute Gasteiger partial charge is 0.456 e. The van der Waals surface area contributed by atoms with Crippen LogP contribution in [0.4, 0.5) is 13.2 Å². The van der Waals surface area contributed by atoms with Crippen LogP contribution in [-0.4, -0.2) is 0 Å². The average molecular weight is 328 g/mol. The first kappa shape index (κ1) is 15.2. The summed E-state index contributed by atoms with van der Waals surface area (Å²) in [6.07, 6.45) is -2.67. The van der Waals surface area contributed by atoms with Crippen LogP contribution >= 0.6 is 11.6 Å². The second-order valence-corrected chi connectivity index (χ2v) is 5.66. The van der Waals surface area contributed by atoms with E-state index in [1.54, 1.807) is 6.07 Å². The number of aryl methyl sites for hydroxylation is 1. The van der Waals surface area contributed by atoms with Crippen LogP contribution in [-0.2, 0) is 12.6 Å². The molecule has 2 aromatic carbocycles. The summed E-state index contributed by atoms with van der Waals surface area (Å²) in [5, 5.41) is -0.0768. The molecule has 1 aliphatic carbocycles. The lowest BCUT2D eigenvalue weighted by Crippen LogP contribution is -2.05. The molecule has 6 heteroatoms. The molecule has 0 radical (unpaired) electrons. The molecule has 22 heavy (non-hydrogen) atoms. The van der Waals surface area contributed by atoms with Crippen LogP contribution in [0.15, 0.2) is 36.4 Å². The van der Waals surface area contributed by atoms with E-state index >= 15 is 0 Å². The summed E-state index contributed by atoms with van der Waals surface area (Å²) in [5.41, 5.74) is 7.35. The predicted molar refractivity (Wildman–Crippen MR) is 78.2 cm³/mol. The molecule has 0 aromatic heterocycles. The second-order valence-electron chi connectivity index (χ2n) is 5.25. The zero-order chi connectivity index (χ0) is 15.9. The van der Waals surface area contributed by atoms with E-state index in [2.05, 4.69) is 0 Å². The molecular weight excluding hydrogens is 315 g/mol. The average Bonchev–Trinajstić information content (AvgIpc) is 2.81. The lowest BCUT2D eigenvalue weighted by atomic mass is 10.1.